The first-order valence-corrected chi connectivity index (χ1v) is 9.88. The van der Waals surface area contributed by atoms with Crippen molar-refractivity contribution < 1.29 is 9.59 Å². The Morgan fingerprint density at radius 1 is 0.968 bits per heavy atom. The monoisotopic (exact) mass is 418 g/mol. The first-order chi connectivity index (χ1) is 15.2. The molecule has 0 radical (unpaired) electrons. The number of anilines is 2. The molecule has 10 nitrogen and oxygen atoms in total. The molecule has 1 fully saturated rings. The number of carbonyl (C=O) groups is 2. The number of aromatic nitrogens is 4. The summed E-state index contributed by atoms with van der Waals surface area (Å²) in [4.78, 5) is 43.6. The molecule has 3 aromatic rings. The quantitative estimate of drug-likeness (QED) is 0.559. The molecule has 3 N–H and O–H groups in total. The summed E-state index contributed by atoms with van der Waals surface area (Å²) >= 11 is 0. The minimum atomic E-state index is -0.358. The van der Waals surface area contributed by atoms with Gasteiger partial charge in [-0.25, -0.2) is 9.97 Å². The van der Waals surface area contributed by atoms with E-state index in [1.165, 1.54) is 12.4 Å². The molecule has 1 aliphatic heterocycles. The average Bonchev–Trinajstić information content (AvgIpc) is 2.84. The van der Waals surface area contributed by atoms with Gasteiger partial charge in [0.25, 0.3) is 11.8 Å². The lowest BCUT2D eigenvalue weighted by Gasteiger charge is -2.30. The van der Waals surface area contributed by atoms with Crippen molar-refractivity contribution in [2.75, 3.05) is 43.4 Å². The zero-order valence-electron chi connectivity index (χ0n) is 17.0. The Hall–Kier alpha value is -3.92. The van der Waals surface area contributed by atoms with E-state index in [2.05, 4.69) is 40.8 Å². The van der Waals surface area contributed by atoms with Gasteiger partial charge in [0.1, 0.15) is 11.4 Å². The predicted octanol–water partition coefficient (Wildman–Crippen LogP) is 0.955. The number of piperazine rings is 1. The van der Waals surface area contributed by atoms with E-state index in [0.29, 0.717) is 17.1 Å². The Morgan fingerprint density at radius 2 is 1.81 bits per heavy atom. The second-order valence-electron chi connectivity index (χ2n) is 6.86. The summed E-state index contributed by atoms with van der Waals surface area (Å²) in [7, 11) is 1.54. The SMILES string of the molecule is CNC(=O)c1ccc(-c2nccc(C(=O)Nc3cnccc3N3CCNCC3)n2)cn1. The number of carbonyl (C=O) groups excluding carboxylic acids is 2. The minimum absolute atomic E-state index is 0.218. The first kappa shape index (κ1) is 20.4. The highest BCUT2D eigenvalue weighted by atomic mass is 16.2. The van der Waals surface area contributed by atoms with Crippen LogP contribution in [0.2, 0.25) is 0 Å². The molecule has 0 spiro atoms. The van der Waals surface area contributed by atoms with Gasteiger partial charge in [-0.2, -0.15) is 0 Å². The van der Waals surface area contributed by atoms with Crippen LogP contribution in [-0.2, 0) is 0 Å². The van der Waals surface area contributed by atoms with E-state index in [0.717, 1.165) is 31.9 Å². The third-order valence-electron chi connectivity index (χ3n) is 4.87. The standard InChI is InChI=1S/C21H22N8O2/c1-22-20(30)15-3-2-14(12-26-15)19-25-7-4-16(27-19)21(31)28-17-13-24-6-5-18(17)29-10-8-23-9-11-29/h2-7,12-13,23H,8-11H2,1H3,(H,22,30)(H,28,31). The summed E-state index contributed by atoms with van der Waals surface area (Å²) in [6.07, 6.45) is 6.37. The molecule has 0 bridgehead atoms. The fourth-order valence-corrected chi connectivity index (χ4v) is 3.26. The third kappa shape index (κ3) is 4.64. The summed E-state index contributed by atoms with van der Waals surface area (Å²) in [5.41, 5.74) is 2.66. The van der Waals surface area contributed by atoms with Crippen molar-refractivity contribution in [2.24, 2.45) is 0 Å². The van der Waals surface area contributed by atoms with Crippen molar-refractivity contribution >= 4 is 23.2 Å². The van der Waals surface area contributed by atoms with Crippen LogP contribution >= 0.6 is 0 Å². The summed E-state index contributed by atoms with van der Waals surface area (Å²) in [5.74, 6) is -0.294. The highest BCUT2D eigenvalue weighted by molar-refractivity contribution is 6.04. The van der Waals surface area contributed by atoms with Gasteiger partial charge in [-0.3, -0.25) is 19.6 Å². The Morgan fingerprint density at radius 3 is 2.55 bits per heavy atom. The molecule has 158 valence electrons. The molecule has 1 saturated heterocycles. The van der Waals surface area contributed by atoms with Gasteiger partial charge >= 0.3 is 0 Å². The highest BCUT2D eigenvalue weighted by Gasteiger charge is 2.17. The molecule has 0 unspecified atom stereocenters. The van der Waals surface area contributed by atoms with Crippen molar-refractivity contribution in [2.45, 2.75) is 0 Å². The zero-order chi connectivity index (χ0) is 21.6. The molecule has 4 heterocycles. The molecule has 0 atom stereocenters. The normalized spacial score (nSPS) is 13.5. The molecule has 3 aromatic heterocycles. The van der Waals surface area contributed by atoms with Crippen LogP contribution in [0.3, 0.4) is 0 Å². The molecule has 1 aliphatic rings. The lowest BCUT2D eigenvalue weighted by atomic mass is 10.2. The summed E-state index contributed by atoms with van der Waals surface area (Å²) in [6, 6.07) is 6.72. The van der Waals surface area contributed by atoms with Crippen LogP contribution in [0.15, 0.2) is 49.1 Å². The van der Waals surface area contributed by atoms with E-state index < -0.39 is 0 Å². The summed E-state index contributed by atoms with van der Waals surface area (Å²) in [6.45, 7) is 3.47. The average molecular weight is 418 g/mol. The number of hydrogen-bond donors (Lipinski definition) is 3. The van der Waals surface area contributed by atoms with Gasteiger partial charge in [0.2, 0.25) is 0 Å². The van der Waals surface area contributed by atoms with Crippen LogP contribution in [0.1, 0.15) is 21.0 Å². The van der Waals surface area contributed by atoms with E-state index in [1.807, 2.05) is 6.07 Å². The number of nitrogens with one attached hydrogen (secondary N) is 3. The zero-order valence-corrected chi connectivity index (χ0v) is 17.0. The van der Waals surface area contributed by atoms with Crippen molar-refractivity contribution in [3.05, 3.63) is 60.4 Å². The Balaban J connectivity index is 1.54. The fraction of sp³-hybridized carbons (Fsp3) is 0.238. The van der Waals surface area contributed by atoms with Gasteiger partial charge in [-0.1, -0.05) is 0 Å². The smallest absolute Gasteiger partial charge is 0.274 e. The number of amides is 2. The van der Waals surface area contributed by atoms with Crippen molar-refractivity contribution in [1.29, 1.82) is 0 Å². The Kier molecular flexibility index (Phi) is 6.08. The second kappa shape index (κ2) is 9.26. The van der Waals surface area contributed by atoms with Crippen molar-refractivity contribution in [3.8, 4) is 11.4 Å². The molecule has 0 aromatic carbocycles. The Bertz CT molecular complexity index is 1080. The van der Waals surface area contributed by atoms with Gasteiger partial charge in [-0.15, -0.1) is 0 Å². The van der Waals surface area contributed by atoms with E-state index in [-0.39, 0.29) is 23.2 Å². The van der Waals surface area contributed by atoms with E-state index in [4.69, 9.17) is 0 Å². The van der Waals surface area contributed by atoms with Crippen molar-refractivity contribution in [1.82, 2.24) is 30.6 Å². The van der Waals surface area contributed by atoms with Crippen LogP contribution < -0.4 is 20.9 Å². The van der Waals surface area contributed by atoms with Crippen LogP contribution in [0.25, 0.3) is 11.4 Å². The summed E-state index contributed by atoms with van der Waals surface area (Å²) < 4.78 is 0. The molecule has 10 heteroatoms. The van der Waals surface area contributed by atoms with E-state index >= 15 is 0 Å². The Labute approximate surface area is 179 Å². The third-order valence-corrected chi connectivity index (χ3v) is 4.87. The maximum Gasteiger partial charge on any atom is 0.274 e. The van der Waals surface area contributed by atoms with Gasteiger partial charge in [-0.05, 0) is 24.3 Å². The van der Waals surface area contributed by atoms with E-state index in [9.17, 15) is 9.59 Å². The number of nitrogens with zero attached hydrogens (tertiary/aromatic N) is 5. The largest absolute Gasteiger partial charge is 0.367 e. The minimum Gasteiger partial charge on any atom is -0.367 e. The number of hydrogen-bond acceptors (Lipinski definition) is 8. The van der Waals surface area contributed by atoms with Crippen LogP contribution in [-0.4, -0.2) is 65.0 Å². The van der Waals surface area contributed by atoms with Gasteiger partial charge < -0.3 is 20.9 Å². The highest BCUT2D eigenvalue weighted by Crippen LogP contribution is 2.25. The second-order valence-corrected chi connectivity index (χ2v) is 6.86. The maximum absolute atomic E-state index is 12.9. The molecular formula is C21H22N8O2. The molecule has 4 rings (SSSR count). The maximum atomic E-state index is 12.9. The molecule has 0 saturated carbocycles. The first-order valence-electron chi connectivity index (χ1n) is 9.88. The van der Waals surface area contributed by atoms with E-state index in [1.54, 1.807) is 37.6 Å². The van der Waals surface area contributed by atoms with Gasteiger partial charge in [0, 0.05) is 57.4 Å². The lowest BCUT2D eigenvalue weighted by Crippen LogP contribution is -2.43. The fourth-order valence-electron chi connectivity index (χ4n) is 3.26. The van der Waals surface area contributed by atoms with Crippen LogP contribution in [0, 0.1) is 0 Å². The van der Waals surface area contributed by atoms with Gasteiger partial charge in [0.05, 0.1) is 17.6 Å². The molecule has 0 aliphatic carbocycles. The predicted molar refractivity (Wildman–Crippen MR) is 116 cm³/mol. The summed E-state index contributed by atoms with van der Waals surface area (Å²) in [5, 5.41) is 8.75. The lowest BCUT2D eigenvalue weighted by molar-refractivity contribution is 0.0957. The molecule has 2 amide bonds. The molecular weight excluding hydrogens is 396 g/mol. The molecule has 31 heavy (non-hydrogen) atoms. The van der Waals surface area contributed by atoms with Gasteiger partial charge in [0.15, 0.2) is 5.82 Å². The van der Waals surface area contributed by atoms with Crippen LogP contribution in [0.4, 0.5) is 11.4 Å². The topological polar surface area (TPSA) is 125 Å². The van der Waals surface area contributed by atoms with Crippen LogP contribution in [0.5, 0.6) is 0 Å². The van der Waals surface area contributed by atoms with Crippen molar-refractivity contribution in [3.63, 3.8) is 0 Å². The number of pyridine rings is 2. The number of rotatable bonds is 5.